The van der Waals surface area contributed by atoms with Crippen LogP contribution in [0.5, 0.6) is 0 Å². The highest BCUT2D eigenvalue weighted by atomic mass is 19.1. The van der Waals surface area contributed by atoms with Gasteiger partial charge in [-0.1, -0.05) is 12.1 Å². The number of nitrogens with one attached hydrogen (secondary N) is 1. The van der Waals surface area contributed by atoms with Crippen molar-refractivity contribution >= 4 is 11.8 Å². The van der Waals surface area contributed by atoms with E-state index < -0.39 is 5.97 Å². The smallest absolute Gasteiger partial charge is 0.340 e. The molecule has 5 nitrogen and oxygen atoms in total. The lowest BCUT2D eigenvalue weighted by Crippen LogP contribution is -2.27. The maximum Gasteiger partial charge on any atom is 0.340 e. The van der Waals surface area contributed by atoms with Crippen LogP contribution in [0.3, 0.4) is 0 Å². The fraction of sp³-hybridized carbons (Fsp3) is 0.368. The number of halogens is 1. The van der Waals surface area contributed by atoms with Crippen LogP contribution in [-0.2, 0) is 11.3 Å². The van der Waals surface area contributed by atoms with E-state index in [0.29, 0.717) is 29.1 Å². The predicted octanol–water partition coefficient (Wildman–Crippen LogP) is 3.26. The monoisotopic (exact) mass is 346 g/mol. The molecule has 1 heterocycles. The Balaban J connectivity index is 2.14. The Labute approximate surface area is 146 Å². The van der Waals surface area contributed by atoms with Crippen molar-refractivity contribution in [2.24, 2.45) is 0 Å². The van der Waals surface area contributed by atoms with Crippen LogP contribution in [0.25, 0.3) is 0 Å². The molecule has 0 aliphatic rings. The fourth-order valence-corrected chi connectivity index (χ4v) is 2.87. The molecule has 0 atom stereocenters. The molecule has 0 amide bonds. The van der Waals surface area contributed by atoms with Crippen LogP contribution >= 0.6 is 0 Å². The van der Waals surface area contributed by atoms with E-state index in [4.69, 9.17) is 4.74 Å². The molecule has 0 aliphatic carbocycles. The quantitative estimate of drug-likeness (QED) is 0.617. The molecular formula is C19H23FN2O3. The summed E-state index contributed by atoms with van der Waals surface area (Å²) in [6, 6.07) is 6.16. The van der Waals surface area contributed by atoms with Crippen LogP contribution in [0, 0.1) is 19.7 Å². The fourth-order valence-electron chi connectivity index (χ4n) is 2.87. The van der Waals surface area contributed by atoms with Crippen molar-refractivity contribution in [1.82, 2.24) is 9.88 Å². The second-order valence-electron chi connectivity index (χ2n) is 6.07. The molecule has 0 aliphatic heterocycles. The average Bonchev–Trinajstić information content (AvgIpc) is 2.84. The number of esters is 1. The van der Waals surface area contributed by atoms with Gasteiger partial charge in [-0.05, 0) is 45.5 Å². The number of aromatic nitrogens is 1. The number of nitrogens with zero attached hydrogens (tertiary/aromatic N) is 1. The van der Waals surface area contributed by atoms with Crippen LogP contribution in [-0.4, -0.2) is 41.8 Å². The first kappa shape index (κ1) is 18.9. The molecule has 0 radical (unpaired) electrons. The molecular weight excluding hydrogens is 323 g/mol. The maximum atomic E-state index is 13.0. The lowest BCUT2D eigenvalue weighted by molar-refractivity contribution is 0.0522. The summed E-state index contributed by atoms with van der Waals surface area (Å²) in [6.07, 6.45) is 0. The van der Waals surface area contributed by atoms with Crippen molar-refractivity contribution in [3.8, 4) is 0 Å². The number of aryl methyl sites for hydroxylation is 2. The number of rotatable bonds is 7. The number of carbonyl (C=O) groups excluding carboxylic acids is 2. The van der Waals surface area contributed by atoms with Gasteiger partial charge in [0.1, 0.15) is 5.82 Å². The van der Waals surface area contributed by atoms with E-state index in [1.807, 2.05) is 4.90 Å². The van der Waals surface area contributed by atoms with Crippen molar-refractivity contribution in [2.45, 2.75) is 27.3 Å². The summed E-state index contributed by atoms with van der Waals surface area (Å²) >= 11 is 0. The Kier molecular flexibility index (Phi) is 6.09. The van der Waals surface area contributed by atoms with Gasteiger partial charge in [-0.15, -0.1) is 0 Å². The molecule has 0 saturated heterocycles. The number of hydrogen-bond acceptors (Lipinski definition) is 4. The molecule has 134 valence electrons. The van der Waals surface area contributed by atoms with E-state index >= 15 is 0 Å². The number of carbonyl (C=O) groups is 2. The molecule has 6 heteroatoms. The minimum Gasteiger partial charge on any atom is -0.462 e. The second kappa shape index (κ2) is 8.07. The van der Waals surface area contributed by atoms with Gasteiger partial charge >= 0.3 is 5.97 Å². The number of likely N-dealkylation sites (N-methyl/N-ethyl adjacent to an activating group) is 1. The Morgan fingerprint density at radius 1 is 1.12 bits per heavy atom. The minimum atomic E-state index is -0.492. The zero-order chi connectivity index (χ0) is 18.6. The number of benzene rings is 1. The number of ketones is 1. The van der Waals surface area contributed by atoms with Gasteiger partial charge < -0.3 is 9.72 Å². The highest BCUT2D eigenvalue weighted by molar-refractivity contribution is 6.09. The molecule has 0 unspecified atom stereocenters. The normalized spacial score (nSPS) is 11.0. The first-order chi connectivity index (χ1) is 11.8. The van der Waals surface area contributed by atoms with Crippen LogP contribution < -0.4 is 0 Å². The number of ether oxygens (including phenoxy) is 1. The summed E-state index contributed by atoms with van der Waals surface area (Å²) in [5, 5.41) is 0. The highest BCUT2D eigenvalue weighted by Gasteiger charge is 2.25. The molecule has 1 N–H and O–H groups in total. The van der Waals surface area contributed by atoms with Crippen molar-refractivity contribution < 1.29 is 18.7 Å². The van der Waals surface area contributed by atoms with Crippen LogP contribution in [0.2, 0.25) is 0 Å². The van der Waals surface area contributed by atoms with E-state index in [2.05, 4.69) is 4.98 Å². The maximum absolute atomic E-state index is 13.0. The van der Waals surface area contributed by atoms with Crippen LogP contribution in [0.15, 0.2) is 24.3 Å². The number of aromatic amines is 1. The molecule has 2 aromatic rings. The minimum absolute atomic E-state index is 0.141. The van der Waals surface area contributed by atoms with Gasteiger partial charge in [-0.2, -0.15) is 0 Å². The second-order valence-corrected chi connectivity index (χ2v) is 6.07. The Hall–Kier alpha value is -2.47. The summed E-state index contributed by atoms with van der Waals surface area (Å²) in [4.78, 5) is 29.8. The SMILES string of the molecule is CCOC(=O)c1c(C)[nH]c(C)c1C(=O)CN(C)Cc1ccc(F)cc1. The third-order valence-electron chi connectivity index (χ3n) is 3.91. The van der Waals surface area contributed by atoms with Crippen LogP contribution in [0.4, 0.5) is 4.39 Å². The third kappa shape index (κ3) is 4.54. The summed E-state index contributed by atoms with van der Waals surface area (Å²) < 4.78 is 18.0. The number of H-pyrrole nitrogens is 1. The molecule has 1 aromatic carbocycles. The van der Waals surface area contributed by atoms with E-state index in [-0.39, 0.29) is 24.8 Å². The molecule has 2 rings (SSSR count). The van der Waals surface area contributed by atoms with Gasteiger partial charge in [0.15, 0.2) is 5.78 Å². The largest absolute Gasteiger partial charge is 0.462 e. The first-order valence-corrected chi connectivity index (χ1v) is 8.16. The van der Waals surface area contributed by atoms with Crippen LogP contribution in [0.1, 0.15) is 44.6 Å². The molecule has 0 spiro atoms. The Bertz CT molecular complexity index is 766. The van der Waals surface area contributed by atoms with E-state index in [9.17, 15) is 14.0 Å². The van der Waals surface area contributed by atoms with Crippen molar-refractivity contribution in [3.05, 3.63) is 58.2 Å². The zero-order valence-corrected chi connectivity index (χ0v) is 15.0. The lowest BCUT2D eigenvalue weighted by atomic mass is 10.0. The molecule has 0 saturated carbocycles. The van der Waals surface area contributed by atoms with Crippen molar-refractivity contribution in [2.75, 3.05) is 20.2 Å². The topological polar surface area (TPSA) is 62.4 Å². The first-order valence-electron chi connectivity index (χ1n) is 8.16. The average molecular weight is 346 g/mol. The summed E-state index contributed by atoms with van der Waals surface area (Å²) in [7, 11) is 1.81. The predicted molar refractivity (Wildman–Crippen MR) is 93.3 cm³/mol. The number of hydrogen-bond donors (Lipinski definition) is 1. The summed E-state index contributed by atoms with van der Waals surface area (Å²) in [6.45, 7) is 6.14. The lowest BCUT2D eigenvalue weighted by Gasteiger charge is -2.16. The van der Waals surface area contributed by atoms with Crippen molar-refractivity contribution in [1.29, 1.82) is 0 Å². The van der Waals surface area contributed by atoms with E-state index in [1.165, 1.54) is 12.1 Å². The van der Waals surface area contributed by atoms with Gasteiger partial charge in [-0.3, -0.25) is 9.69 Å². The molecule has 0 bridgehead atoms. The van der Waals surface area contributed by atoms with Gasteiger partial charge in [-0.25, -0.2) is 9.18 Å². The Morgan fingerprint density at radius 3 is 2.32 bits per heavy atom. The van der Waals surface area contributed by atoms with E-state index in [1.54, 1.807) is 40.0 Å². The van der Waals surface area contributed by atoms with E-state index in [0.717, 1.165) is 5.56 Å². The van der Waals surface area contributed by atoms with Crippen molar-refractivity contribution in [3.63, 3.8) is 0 Å². The molecule has 1 aromatic heterocycles. The molecule has 25 heavy (non-hydrogen) atoms. The van der Waals surface area contributed by atoms with Gasteiger partial charge in [0, 0.05) is 17.9 Å². The van der Waals surface area contributed by atoms with Gasteiger partial charge in [0.25, 0.3) is 0 Å². The summed E-state index contributed by atoms with van der Waals surface area (Å²) in [5.41, 5.74) is 2.87. The molecule has 0 fully saturated rings. The number of Topliss-reactive ketones (excluding diaryl/α,β-unsaturated/α-hetero) is 1. The third-order valence-corrected chi connectivity index (χ3v) is 3.91. The highest BCUT2D eigenvalue weighted by Crippen LogP contribution is 2.21. The van der Waals surface area contributed by atoms with Gasteiger partial charge in [0.2, 0.25) is 0 Å². The zero-order valence-electron chi connectivity index (χ0n) is 15.0. The Morgan fingerprint density at radius 2 is 1.72 bits per heavy atom. The summed E-state index contributed by atoms with van der Waals surface area (Å²) in [5.74, 6) is -0.941. The van der Waals surface area contributed by atoms with Gasteiger partial charge in [0.05, 0.1) is 24.3 Å². The standard InChI is InChI=1S/C19H23FN2O3/c1-5-25-19(24)18-13(3)21-12(2)17(18)16(23)11-22(4)10-14-6-8-15(20)9-7-14/h6-9,21H,5,10-11H2,1-4H3.